The molecule has 6 aromatic rings. The second-order valence-electron chi connectivity index (χ2n) is 8.82. The Morgan fingerprint density at radius 3 is 1.68 bits per heavy atom. The summed E-state index contributed by atoms with van der Waals surface area (Å²) in [5.74, 6) is 0. The molecule has 0 bridgehead atoms. The Balaban J connectivity index is 1.59. The molecule has 1 heterocycles. The number of nitrogens with one attached hydrogen (secondary N) is 1. The first-order valence-corrected chi connectivity index (χ1v) is 14.1. The van der Waals surface area contributed by atoms with Crippen LogP contribution in [0.5, 0.6) is 0 Å². The fourth-order valence-corrected chi connectivity index (χ4v) is 8.21. The third-order valence-electron chi connectivity index (χ3n) is 6.47. The van der Waals surface area contributed by atoms with Crippen molar-refractivity contribution in [1.29, 1.82) is 0 Å². The van der Waals surface area contributed by atoms with Crippen LogP contribution in [0.4, 0.5) is 5.69 Å². The summed E-state index contributed by atoms with van der Waals surface area (Å²) >= 11 is 0. The standard InChI is InChI=1S/C32H25N4OP/c37-32-29-21-11-13-23-31(29)34-36(32)33-24-25-14-10-12-22-30(25)35-38(26-15-4-1-5-16-26,27-17-6-2-7-18-27)28-19-8-3-9-20-28/h1-24,34H/b33-24+. The Bertz CT molecular complexity index is 1740. The third kappa shape index (κ3) is 4.34. The number of hydrogen-bond donors (Lipinski definition) is 1. The van der Waals surface area contributed by atoms with Crippen molar-refractivity contribution in [2.24, 2.45) is 9.85 Å². The molecule has 5 nitrogen and oxygen atoms in total. The van der Waals surface area contributed by atoms with E-state index in [-0.39, 0.29) is 5.56 Å². The van der Waals surface area contributed by atoms with Gasteiger partial charge in [0.1, 0.15) is 0 Å². The lowest BCUT2D eigenvalue weighted by Crippen LogP contribution is -2.25. The van der Waals surface area contributed by atoms with Gasteiger partial charge in [0.25, 0.3) is 5.56 Å². The lowest BCUT2D eigenvalue weighted by Gasteiger charge is -2.27. The molecule has 0 amide bonds. The van der Waals surface area contributed by atoms with Crippen LogP contribution in [0.2, 0.25) is 0 Å². The average molecular weight is 513 g/mol. The van der Waals surface area contributed by atoms with Crippen LogP contribution in [0.3, 0.4) is 0 Å². The SMILES string of the molecule is O=c1c2ccccc2[nH]n1/N=C/c1ccccc1N=P(c1ccccc1)(c1ccccc1)c1ccccc1. The van der Waals surface area contributed by atoms with Gasteiger partial charge in [-0.15, -0.1) is 4.79 Å². The maximum Gasteiger partial charge on any atom is 0.295 e. The van der Waals surface area contributed by atoms with Crippen molar-refractivity contribution in [3.05, 3.63) is 155 Å². The summed E-state index contributed by atoms with van der Waals surface area (Å²) in [6, 6.07) is 46.8. The van der Waals surface area contributed by atoms with Crippen LogP contribution in [-0.4, -0.2) is 16.1 Å². The summed E-state index contributed by atoms with van der Waals surface area (Å²) in [5, 5.41) is 11.7. The molecule has 38 heavy (non-hydrogen) atoms. The molecule has 0 radical (unpaired) electrons. The highest BCUT2D eigenvalue weighted by Gasteiger charge is 2.27. The van der Waals surface area contributed by atoms with E-state index in [1.54, 1.807) is 12.3 Å². The summed E-state index contributed by atoms with van der Waals surface area (Å²) < 4.78 is 5.60. The number of aromatic nitrogens is 2. The van der Waals surface area contributed by atoms with Crippen molar-refractivity contribution in [3.8, 4) is 0 Å². The molecule has 0 saturated carbocycles. The summed E-state index contributed by atoms with van der Waals surface area (Å²) in [6.07, 6.45) is 1.70. The average Bonchev–Trinajstić information content (AvgIpc) is 3.32. The molecule has 0 saturated heterocycles. The summed E-state index contributed by atoms with van der Waals surface area (Å²) in [6.45, 7) is 0. The van der Waals surface area contributed by atoms with Crippen molar-refractivity contribution in [3.63, 3.8) is 0 Å². The molecule has 0 unspecified atom stereocenters. The maximum absolute atomic E-state index is 12.8. The van der Waals surface area contributed by atoms with Gasteiger partial charge in [-0.2, -0.15) is 5.10 Å². The highest BCUT2D eigenvalue weighted by Crippen LogP contribution is 2.49. The first-order valence-electron chi connectivity index (χ1n) is 12.4. The second kappa shape index (κ2) is 10.3. The van der Waals surface area contributed by atoms with Gasteiger partial charge in [0.05, 0.1) is 29.9 Å². The van der Waals surface area contributed by atoms with Crippen molar-refractivity contribution < 1.29 is 0 Å². The van der Waals surface area contributed by atoms with Crippen molar-refractivity contribution in [2.45, 2.75) is 0 Å². The van der Waals surface area contributed by atoms with E-state index >= 15 is 0 Å². The molecule has 1 aromatic heterocycles. The summed E-state index contributed by atoms with van der Waals surface area (Å²) in [7, 11) is -2.44. The fourth-order valence-electron chi connectivity index (χ4n) is 4.65. The van der Waals surface area contributed by atoms with Gasteiger partial charge >= 0.3 is 0 Å². The number of aromatic amines is 1. The zero-order valence-corrected chi connectivity index (χ0v) is 21.4. The smallest absolute Gasteiger partial charge is 0.274 e. The number of H-pyrrole nitrogens is 1. The Morgan fingerprint density at radius 1 is 0.605 bits per heavy atom. The Kier molecular flexibility index (Phi) is 6.43. The van der Waals surface area contributed by atoms with E-state index in [9.17, 15) is 4.79 Å². The van der Waals surface area contributed by atoms with E-state index in [1.807, 2.05) is 60.7 Å². The van der Waals surface area contributed by atoms with E-state index in [1.165, 1.54) is 4.79 Å². The molecule has 6 heteroatoms. The molecule has 5 aromatic carbocycles. The van der Waals surface area contributed by atoms with E-state index in [0.29, 0.717) is 5.39 Å². The number of nitrogens with zero attached hydrogens (tertiary/aromatic N) is 3. The number of para-hydroxylation sites is 1. The first kappa shape index (κ1) is 23.7. The minimum absolute atomic E-state index is 0.189. The van der Waals surface area contributed by atoms with Crippen molar-refractivity contribution in [2.75, 3.05) is 0 Å². The van der Waals surface area contributed by atoms with Gasteiger partial charge in [-0.3, -0.25) is 14.6 Å². The molecule has 184 valence electrons. The fraction of sp³-hybridized carbons (Fsp3) is 0. The molecular weight excluding hydrogens is 487 g/mol. The lowest BCUT2D eigenvalue weighted by atomic mass is 10.2. The minimum Gasteiger partial charge on any atom is -0.274 e. The largest absolute Gasteiger partial charge is 0.295 e. The van der Waals surface area contributed by atoms with Gasteiger partial charge in [0, 0.05) is 21.5 Å². The molecule has 1 N–H and O–H groups in total. The lowest BCUT2D eigenvalue weighted by molar-refractivity contribution is 0.729. The number of fused-ring (bicyclic) bond motifs is 1. The van der Waals surface area contributed by atoms with E-state index < -0.39 is 7.05 Å². The second-order valence-corrected chi connectivity index (χ2v) is 11.8. The Hall–Kier alpha value is -4.73. The van der Waals surface area contributed by atoms with Gasteiger partial charge < -0.3 is 0 Å². The molecule has 0 aliphatic carbocycles. The van der Waals surface area contributed by atoms with Crippen LogP contribution in [0, 0.1) is 0 Å². The van der Waals surface area contributed by atoms with Crippen LogP contribution in [0.15, 0.2) is 154 Å². The summed E-state index contributed by atoms with van der Waals surface area (Å²) in [5.41, 5.74) is 2.19. The zero-order chi connectivity index (χ0) is 25.8. The van der Waals surface area contributed by atoms with Crippen molar-refractivity contribution >= 4 is 45.8 Å². The number of benzene rings is 5. The predicted molar refractivity (Wildman–Crippen MR) is 159 cm³/mol. The maximum atomic E-state index is 12.8. The van der Waals surface area contributed by atoms with Crippen LogP contribution < -0.4 is 21.5 Å². The topological polar surface area (TPSA) is 62.5 Å². The van der Waals surface area contributed by atoms with Gasteiger partial charge in [0.15, 0.2) is 0 Å². The van der Waals surface area contributed by atoms with Crippen LogP contribution in [-0.2, 0) is 0 Å². The summed E-state index contributed by atoms with van der Waals surface area (Å²) in [4.78, 5) is 14.1. The molecular formula is C32H25N4OP. The first-order chi connectivity index (χ1) is 18.8. The van der Waals surface area contributed by atoms with Crippen LogP contribution in [0.25, 0.3) is 10.9 Å². The van der Waals surface area contributed by atoms with Crippen LogP contribution in [0.1, 0.15) is 5.56 Å². The highest BCUT2D eigenvalue weighted by molar-refractivity contribution is 7.87. The minimum atomic E-state index is -2.44. The normalized spacial score (nSPS) is 11.7. The van der Waals surface area contributed by atoms with E-state index in [0.717, 1.165) is 32.7 Å². The molecule has 6 rings (SSSR count). The molecule has 0 aliphatic rings. The van der Waals surface area contributed by atoms with Gasteiger partial charge in [-0.1, -0.05) is 121 Å². The number of rotatable bonds is 6. The molecule has 0 atom stereocenters. The highest BCUT2D eigenvalue weighted by atomic mass is 31.2. The third-order valence-corrected chi connectivity index (χ3v) is 10.1. The number of hydrogen-bond acceptors (Lipinski definition) is 3. The van der Waals surface area contributed by atoms with E-state index in [4.69, 9.17) is 4.74 Å². The van der Waals surface area contributed by atoms with Crippen molar-refractivity contribution in [1.82, 2.24) is 9.89 Å². The zero-order valence-electron chi connectivity index (χ0n) is 20.6. The quantitative estimate of drug-likeness (QED) is 0.215. The monoisotopic (exact) mass is 512 g/mol. The van der Waals surface area contributed by atoms with Gasteiger partial charge in [0.2, 0.25) is 0 Å². The van der Waals surface area contributed by atoms with Crippen LogP contribution >= 0.6 is 7.05 Å². The van der Waals surface area contributed by atoms with Gasteiger partial charge in [-0.05, 0) is 18.2 Å². The van der Waals surface area contributed by atoms with Gasteiger partial charge in [-0.25, -0.2) is 0 Å². The molecule has 0 fully saturated rings. The predicted octanol–water partition coefficient (Wildman–Crippen LogP) is 6.02. The Labute approximate surface area is 220 Å². The molecule has 0 aliphatic heterocycles. The molecule has 0 spiro atoms. The van der Waals surface area contributed by atoms with E-state index in [2.05, 4.69) is 83.0 Å². The Morgan fingerprint density at radius 2 is 1.11 bits per heavy atom.